The van der Waals surface area contributed by atoms with Crippen LogP contribution in [0.3, 0.4) is 0 Å². The molecule has 2 aliphatic rings. The Morgan fingerprint density at radius 1 is 1.29 bits per heavy atom. The molecule has 0 spiro atoms. The number of likely N-dealkylation sites (tertiary alicyclic amines) is 1. The second-order valence-electron chi connectivity index (χ2n) is 5.59. The minimum absolute atomic E-state index is 0.110. The van der Waals surface area contributed by atoms with Crippen LogP contribution in [0.1, 0.15) is 18.4 Å². The van der Waals surface area contributed by atoms with Crippen molar-refractivity contribution in [3.63, 3.8) is 0 Å². The largest absolute Gasteiger partial charge is 0.486 e. The first kappa shape index (κ1) is 14.2. The quantitative estimate of drug-likeness (QED) is 0.793. The number of fused-ring (bicyclic) bond motifs is 1. The maximum Gasteiger partial charge on any atom is 0.310 e. The molecule has 5 nitrogen and oxygen atoms in total. The van der Waals surface area contributed by atoms with Crippen molar-refractivity contribution in [1.82, 2.24) is 4.90 Å². The summed E-state index contributed by atoms with van der Waals surface area (Å²) < 4.78 is 16.4. The van der Waals surface area contributed by atoms with E-state index in [1.54, 1.807) is 0 Å². The summed E-state index contributed by atoms with van der Waals surface area (Å²) in [4.78, 5) is 14.3. The van der Waals surface area contributed by atoms with Crippen LogP contribution < -0.4 is 9.47 Å². The number of rotatable bonds is 3. The van der Waals surface area contributed by atoms with Crippen molar-refractivity contribution in [2.75, 3.05) is 40.0 Å². The van der Waals surface area contributed by atoms with Crippen LogP contribution in [0.2, 0.25) is 0 Å². The van der Waals surface area contributed by atoms with Crippen LogP contribution >= 0.6 is 0 Å². The van der Waals surface area contributed by atoms with Crippen molar-refractivity contribution in [3.05, 3.63) is 23.8 Å². The molecule has 0 aromatic heterocycles. The number of esters is 1. The fourth-order valence-corrected chi connectivity index (χ4v) is 3.12. The lowest BCUT2D eigenvalue weighted by molar-refractivity contribution is -0.147. The highest BCUT2D eigenvalue weighted by Crippen LogP contribution is 2.38. The van der Waals surface area contributed by atoms with E-state index < -0.39 is 0 Å². The molecule has 1 aromatic rings. The molecular formula is C16H21NO4. The van der Waals surface area contributed by atoms with Gasteiger partial charge < -0.3 is 19.1 Å². The normalized spacial score (nSPS) is 24.9. The van der Waals surface area contributed by atoms with Crippen LogP contribution in [-0.2, 0) is 9.53 Å². The molecule has 2 aliphatic heterocycles. The van der Waals surface area contributed by atoms with Gasteiger partial charge in [0.05, 0.1) is 12.5 Å². The van der Waals surface area contributed by atoms with E-state index in [0.29, 0.717) is 19.8 Å². The number of ether oxygens (including phenoxy) is 3. The average Bonchev–Trinajstić information content (AvgIpc) is 2.89. The molecule has 2 heterocycles. The first-order valence-corrected chi connectivity index (χ1v) is 7.43. The van der Waals surface area contributed by atoms with E-state index in [1.807, 2.05) is 32.2 Å². The molecule has 3 rings (SSSR count). The van der Waals surface area contributed by atoms with Crippen molar-refractivity contribution in [3.8, 4) is 11.5 Å². The van der Waals surface area contributed by atoms with Crippen LogP contribution in [0.5, 0.6) is 11.5 Å². The Labute approximate surface area is 124 Å². The number of hydrogen-bond acceptors (Lipinski definition) is 5. The summed E-state index contributed by atoms with van der Waals surface area (Å²) in [6, 6.07) is 5.97. The van der Waals surface area contributed by atoms with E-state index in [1.165, 1.54) is 0 Å². The fraction of sp³-hybridized carbons (Fsp3) is 0.562. The molecule has 21 heavy (non-hydrogen) atoms. The summed E-state index contributed by atoms with van der Waals surface area (Å²) in [7, 11) is 2.03. The molecule has 0 aliphatic carbocycles. The van der Waals surface area contributed by atoms with E-state index in [9.17, 15) is 4.79 Å². The summed E-state index contributed by atoms with van der Waals surface area (Å²) in [6.45, 7) is 5.01. The number of hydrogen-bond donors (Lipinski definition) is 0. The molecular weight excluding hydrogens is 270 g/mol. The number of carbonyl (C=O) groups is 1. The Kier molecular flexibility index (Phi) is 4.01. The molecule has 0 bridgehead atoms. The van der Waals surface area contributed by atoms with Crippen molar-refractivity contribution < 1.29 is 19.0 Å². The molecule has 0 N–H and O–H groups in total. The third-order valence-corrected chi connectivity index (χ3v) is 4.09. The number of carbonyl (C=O) groups excluding carboxylic acids is 1. The van der Waals surface area contributed by atoms with Crippen molar-refractivity contribution >= 4 is 5.97 Å². The molecule has 1 aromatic carbocycles. The number of likely N-dealkylation sites (N-methyl/N-ethyl adjacent to an activating group) is 1. The van der Waals surface area contributed by atoms with Gasteiger partial charge in [-0.25, -0.2) is 0 Å². The Balaban J connectivity index is 1.85. The topological polar surface area (TPSA) is 48.0 Å². The maximum atomic E-state index is 12.2. The molecule has 2 unspecified atom stereocenters. The number of benzene rings is 1. The van der Waals surface area contributed by atoms with E-state index in [4.69, 9.17) is 14.2 Å². The predicted octanol–water partition coefficient (Wildman–Crippen LogP) is 1.67. The average molecular weight is 291 g/mol. The predicted molar refractivity (Wildman–Crippen MR) is 77.8 cm³/mol. The lowest BCUT2D eigenvalue weighted by Gasteiger charge is -2.22. The van der Waals surface area contributed by atoms with E-state index in [-0.39, 0.29) is 17.8 Å². The third-order valence-electron chi connectivity index (χ3n) is 4.09. The molecule has 0 saturated carbocycles. The van der Waals surface area contributed by atoms with E-state index in [0.717, 1.165) is 30.2 Å². The zero-order chi connectivity index (χ0) is 14.8. The Bertz CT molecular complexity index is 531. The first-order chi connectivity index (χ1) is 10.2. The highest BCUT2D eigenvalue weighted by molar-refractivity contribution is 5.74. The molecule has 1 fully saturated rings. The molecule has 0 amide bonds. The van der Waals surface area contributed by atoms with E-state index >= 15 is 0 Å². The highest BCUT2D eigenvalue weighted by Gasteiger charge is 2.38. The Morgan fingerprint density at radius 3 is 2.81 bits per heavy atom. The van der Waals surface area contributed by atoms with Gasteiger partial charge in [0.15, 0.2) is 11.5 Å². The molecule has 114 valence electrons. The lowest BCUT2D eigenvalue weighted by atomic mass is 9.88. The Morgan fingerprint density at radius 2 is 2.05 bits per heavy atom. The summed E-state index contributed by atoms with van der Waals surface area (Å²) in [6.07, 6.45) is 0. The smallest absolute Gasteiger partial charge is 0.310 e. The van der Waals surface area contributed by atoms with Crippen LogP contribution in [-0.4, -0.2) is 50.8 Å². The second-order valence-corrected chi connectivity index (χ2v) is 5.59. The zero-order valence-corrected chi connectivity index (χ0v) is 12.5. The molecule has 2 atom stereocenters. The van der Waals surface area contributed by atoms with Gasteiger partial charge in [-0.2, -0.15) is 0 Å². The minimum Gasteiger partial charge on any atom is -0.486 e. The SMILES string of the molecule is CCOC(=O)C1CN(C)CC1c1ccc2c(c1)OCCO2. The van der Waals surface area contributed by atoms with E-state index in [2.05, 4.69) is 4.90 Å². The van der Waals surface area contributed by atoms with Crippen LogP contribution in [0, 0.1) is 5.92 Å². The number of nitrogens with zero attached hydrogens (tertiary/aromatic N) is 1. The van der Waals surface area contributed by atoms with Crippen molar-refractivity contribution in [2.24, 2.45) is 5.92 Å². The van der Waals surface area contributed by atoms with Gasteiger partial charge in [-0.15, -0.1) is 0 Å². The fourth-order valence-electron chi connectivity index (χ4n) is 3.12. The standard InChI is InChI=1S/C16H21NO4/c1-3-19-16(18)13-10-17(2)9-12(13)11-4-5-14-15(8-11)21-7-6-20-14/h4-5,8,12-13H,3,6-7,9-10H2,1-2H3. The summed E-state index contributed by atoms with van der Waals surface area (Å²) >= 11 is 0. The van der Waals surface area contributed by atoms with Gasteiger partial charge in [0, 0.05) is 19.0 Å². The monoisotopic (exact) mass is 291 g/mol. The summed E-state index contributed by atoms with van der Waals surface area (Å²) in [5, 5.41) is 0. The minimum atomic E-state index is -0.113. The van der Waals surface area contributed by atoms with Crippen molar-refractivity contribution in [2.45, 2.75) is 12.8 Å². The van der Waals surface area contributed by atoms with Gasteiger partial charge >= 0.3 is 5.97 Å². The highest BCUT2D eigenvalue weighted by atomic mass is 16.6. The first-order valence-electron chi connectivity index (χ1n) is 7.43. The van der Waals surface area contributed by atoms with Crippen molar-refractivity contribution in [1.29, 1.82) is 0 Å². The van der Waals surface area contributed by atoms with Gasteiger partial charge in [-0.05, 0) is 31.7 Å². The molecule has 0 radical (unpaired) electrons. The van der Waals surface area contributed by atoms with Gasteiger partial charge in [0.25, 0.3) is 0 Å². The maximum absolute atomic E-state index is 12.2. The van der Waals surface area contributed by atoms with Crippen LogP contribution in [0.15, 0.2) is 18.2 Å². The zero-order valence-electron chi connectivity index (χ0n) is 12.5. The van der Waals surface area contributed by atoms with Crippen LogP contribution in [0.4, 0.5) is 0 Å². The van der Waals surface area contributed by atoms with Gasteiger partial charge in [-0.1, -0.05) is 6.07 Å². The van der Waals surface area contributed by atoms with Gasteiger partial charge in [-0.3, -0.25) is 4.79 Å². The second kappa shape index (κ2) is 5.93. The lowest BCUT2D eigenvalue weighted by Crippen LogP contribution is -2.24. The van der Waals surface area contributed by atoms with Crippen LogP contribution in [0.25, 0.3) is 0 Å². The summed E-state index contributed by atoms with van der Waals surface area (Å²) in [5.74, 6) is 1.48. The molecule has 5 heteroatoms. The third kappa shape index (κ3) is 2.83. The Hall–Kier alpha value is -1.75. The van der Waals surface area contributed by atoms with Gasteiger partial charge in [0.2, 0.25) is 0 Å². The van der Waals surface area contributed by atoms with Gasteiger partial charge in [0.1, 0.15) is 13.2 Å². The summed E-state index contributed by atoms with van der Waals surface area (Å²) in [5.41, 5.74) is 1.11. The molecule has 1 saturated heterocycles.